The normalized spacial score (nSPS) is 25.5. The van der Waals surface area contributed by atoms with Crippen molar-refractivity contribution in [1.29, 1.82) is 0 Å². The molecule has 19 heteroatoms. The Kier molecular flexibility index (Phi) is 6.24. The number of phosphoric acid groups is 1. The van der Waals surface area contributed by atoms with Gasteiger partial charge < -0.3 is 40.5 Å². The van der Waals surface area contributed by atoms with Gasteiger partial charge in [-0.05, 0) is 4.31 Å². The van der Waals surface area contributed by atoms with Crippen molar-refractivity contribution in [3.05, 3.63) is 25.0 Å². The molecule has 4 rings (SSSR count). The first-order valence-corrected chi connectivity index (χ1v) is 12.1. The summed E-state index contributed by atoms with van der Waals surface area (Å²) in [4.78, 5) is 56.9. The van der Waals surface area contributed by atoms with Crippen LogP contribution in [-0.2, 0) is 20.6 Å². The zero-order valence-electron chi connectivity index (χ0n) is 16.7. The van der Waals surface area contributed by atoms with Crippen LogP contribution >= 0.6 is 16.3 Å². The van der Waals surface area contributed by atoms with E-state index in [1.165, 1.54) is 22.5 Å². The summed E-state index contributed by atoms with van der Waals surface area (Å²) in [6.07, 6.45) is -1.59. The highest BCUT2D eigenvalue weighted by atomic mass is 31.3. The topological polar surface area (TPSA) is 259 Å². The molecular weight excluding hydrogens is 488 g/mol. The van der Waals surface area contributed by atoms with Crippen molar-refractivity contribution < 1.29 is 53.0 Å². The molecule has 33 heavy (non-hydrogen) atoms. The van der Waals surface area contributed by atoms with Gasteiger partial charge in [-0.25, -0.2) is 19.1 Å². The maximum absolute atomic E-state index is 12.1. The van der Waals surface area contributed by atoms with Gasteiger partial charge in [0.2, 0.25) is 6.23 Å². The molecule has 3 aromatic heterocycles. The van der Waals surface area contributed by atoms with Crippen molar-refractivity contribution in [3.8, 4) is 5.88 Å². The number of hydrogen-bond acceptors (Lipinski definition) is 14. The van der Waals surface area contributed by atoms with E-state index in [4.69, 9.17) is 10.5 Å². The molecule has 0 bridgehead atoms. The van der Waals surface area contributed by atoms with Crippen LogP contribution in [-0.4, -0.2) is 63.9 Å². The molecule has 5 atom stereocenters. The van der Waals surface area contributed by atoms with Crippen molar-refractivity contribution in [2.75, 3.05) is 12.3 Å². The van der Waals surface area contributed by atoms with Crippen LogP contribution in [0.25, 0.3) is 11.2 Å². The number of aliphatic hydroxyl groups is 2. The van der Waals surface area contributed by atoms with Gasteiger partial charge in [-0.3, -0.25) is 4.57 Å². The maximum atomic E-state index is 12.1. The van der Waals surface area contributed by atoms with E-state index in [1.54, 1.807) is 0 Å². The molecule has 1 aliphatic heterocycles. The van der Waals surface area contributed by atoms with Crippen LogP contribution in [0.3, 0.4) is 0 Å². The lowest BCUT2D eigenvalue weighted by Gasteiger charge is -2.33. The lowest BCUT2D eigenvalue weighted by molar-refractivity contribution is -0.745. The number of fused-ring (bicyclic) bond motifs is 1. The summed E-state index contributed by atoms with van der Waals surface area (Å²) in [5.41, 5.74) is 5.58. The van der Waals surface area contributed by atoms with Crippen LogP contribution in [0.4, 0.5) is 5.95 Å². The Morgan fingerprint density at radius 1 is 1.27 bits per heavy atom. The van der Waals surface area contributed by atoms with Crippen LogP contribution in [0, 0.1) is 0 Å². The number of anilines is 1. The van der Waals surface area contributed by atoms with E-state index in [0.717, 1.165) is 18.7 Å². The van der Waals surface area contributed by atoms with Gasteiger partial charge in [-0.15, -0.1) is 0 Å². The number of nitrogens with two attached hydrogens (primary N) is 1. The average Bonchev–Trinajstić information content (AvgIpc) is 3.41. The summed E-state index contributed by atoms with van der Waals surface area (Å²) < 4.78 is 17.5. The molecule has 1 unspecified atom stereocenters. The lowest BCUT2D eigenvalue weighted by atomic mass is 10.1. The number of aromatic nitrogens is 6. The van der Waals surface area contributed by atoms with Crippen molar-refractivity contribution in [2.24, 2.45) is 7.05 Å². The number of imidazole rings is 2. The minimum Gasteiger partial charge on any atom is -0.856 e. The van der Waals surface area contributed by atoms with Gasteiger partial charge in [-0.2, -0.15) is 9.23 Å². The first-order valence-electron chi connectivity index (χ1n) is 9.10. The molecule has 17 nitrogen and oxygen atoms in total. The smallest absolute Gasteiger partial charge is 0.394 e. The summed E-state index contributed by atoms with van der Waals surface area (Å²) in [6, 6.07) is 0. The Hall–Kier alpha value is -2.14. The van der Waals surface area contributed by atoms with Crippen molar-refractivity contribution in [3.63, 3.8) is 0 Å². The number of nitrogen functional groups attached to an aromatic ring is 1. The van der Waals surface area contributed by atoms with Gasteiger partial charge in [0, 0.05) is 12.1 Å². The van der Waals surface area contributed by atoms with E-state index in [1.807, 2.05) is 0 Å². The predicted octanol–water partition coefficient (Wildman–Crippen LogP) is -5.26. The van der Waals surface area contributed by atoms with E-state index < -0.39 is 53.3 Å². The van der Waals surface area contributed by atoms with E-state index >= 15 is 0 Å². The molecule has 1 fully saturated rings. The fraction of sp³-hybridized carbons (Fsp3) is 0.429. The molecule has 1 aliphatic rings. The SMILES string of the molecule is Cn1c[n+]([C@@H]2O[C@H](CO[P+]([O-])([O-])O[P+]([O-])(O)n3ccnc3)[C@@H](O)[C@H]2O)c2nc(N)nc([O-])c21. The van der Waals surface area contributed by atoms with Crippen LogP contribution in [0.2, 0.25) is 0 Å². The fourth-order valence-electron chi connectivity index (χ4n) is 3.27. The molecule has 1 saturated heterocycles. The van der Waals surface area contributed by atoms with Crippen LogP contribution < -0.4 is 30.1 Å². The van der Waals surface area contributed by atoms with Crippen LogP contribution in [0.5, 0.6) is 5.88 Å². The standard InChI is InChI=1S/C14H19N7O10P2/c1-19-6-21(11-8(19)12(24)18-14(15)17-11)13-10(23)9(22)7(30-13)4-29-33(27,28)31-32(25,26)20-3-2-16-5-20/h2-3,5-7,9-10,13,22-23H,4H2,1H3,(H4-,15,17,18,24,25,26,27,28)/p-1/t7-,9-,10-,13-/m1/s1. The number of rotatable bonds is 7. The third kappa shape index (κ3) is 4.62. The second-order valence-electron chi connectivity index (χ2n) is 7.00. The molecule has 0 saturated carbocycles. The van der Waals surface area contributed by atoms with Crippen LogP contribution in [0.15, 0.2) is 25.0 Å². The van der Waals surface area contributed by atoms with Crippen molar-refractivity contribution in [1.82, 2.24) is 23.9 Å². The molecule has 5 N–H and O–H groups in total. The van der Waals surface area contributed by atoms with Gasteiger partial charge in [0.15, 0.2) is 11.8 Å². The van der Waals surface area contributed by atoms with E-state index in [0.29, 0.717) is 4.34 Å². The summed E-state index contributed by atoms with van der Waals surface area (Å²) >= 11 is 0. The van der Waals surface area contributed by atoms with Gasteiger partial charge >= 0.3 is 13.7 Å². The molecule has 0 aliphatic carbocycles. The fourth-order valence-corrected chi connectivity index (χ4v) is 5.59. The van der Waals surface area contributed by atoms with Gasteiger partial charge in [0.25, 0.3) is 14.1 Å². The highest BCUT2D eigenvalue weighted by Gasteiger charge is 2.48. The monoisotopic (exact) mass is 506 g/mol. The molecule has 4 heterocycles. The van der Waals surface area contributed by atoms with E-state index in [2.05, 4.69) is 23.8 Å². The lowest BCUT2D eigenvalue weighted by Crippen LogP contribution is -2.46. The summed E-state index contributed by atoms with van der Waals surface area (Å²) in [5.74, 6) is -1.00. The van der Waals surface area contributed by atoms with E-state index in [-0.39, 0.29) is 17.1 Å². The number of hydrogen-bond donors (Lipinski definition) is 4. The molecule has 0 radical (unpaired) electrons. The minimum absolute atomic E-state index is 0.00667. The number of aryl methyl sites for hydroxylation is 1. The summed E-state index contributed by atoms with van der Waals surface area (Å²) in [6.45, 7) is -0.866. The summed E-state index contributed by atoms with van der Waals surface area (Å²) in [5, 5.41) is 32.9. The number of nitrogens with zero attached hydrogens (tertiary/aromatic N) is 6. The Labute approximate surface area is 185 Å². The first-order chi connectivity index (χ1) is 15.4. The third-order valence-electron chi connectivity index (χ3n) is 4.74. The second kappa shape index (κ2) is 8.57. The maximum Gasteiger partial charge on any atom is 0.394 e. The van der Waals surface area contributed by atoms with Gasteiger partial charge in [0.05, 0.1) is 13.2 Å². The molecule has 180 valence electrons. The summed E-state index contributed by atoms with van der Waals surface area (Å²) in [7, 11) is -8.72. The van der Waals surface area contributed by atoms with Gasteiger partial charge in [0.1, 0.15) is 31.2 Å². The zero-order valence-corrected chi connectivity index (χ0v) is 18.5. The van der Waals surface area contributed by atoms with E-state index in [9.17, 15) is 34.9 Å². The van der Waals surface area contributed by atoms with Crippen LogP contribution in [0.1, 0.15) is 6.23 Å². The van der Waals surface area contributed by atoms with Crippen molar-refractivity contribution in [2.45, 2.75) is 24.5 Å². The Bertz CT molecular complexity index is 1140. The van der Waals surface area contributed by atoms with Crippen molar-refractivity contribution >= 4 is 33.4 Å². The minimum atomic E-state index is -5.37. The molecule has 0 spiro atoms. The molecule has 3 aromatic rings. The Morgan fingerprint density at radius 2 is 2.00 bits per heavy atom. The highest BCUT2D eigenvalue weighted by molar-refractivity contribution is 7.67. The Morgan fingerprint density at radius 3 is 2.67 bits per heavy atom. The molecule has 0 amide bonds. The predicted molar refractivity (Wildman–Crippen MR) is 99.2 cm³/mol. The highest BCUT2D eigenvalue weighted by Crippen LogP contribution is 2.62. The number of ether oxygens (including phenoxy) is 1. The first kappa shape index (κ1) is 24.0. The second-order valence-corrected chi connectivity index (χ2v) is 10.2. The third-order valence-corrected chi connectivity index (χ3v) is 7.68. The quantitative estimate of drug-likeness (QED) is 0.172. The van der Waals surface area contributed by atoms with Gasteiger partial charge in [-0.1, -0.05) is 4.98 Å². The molecular formula is C14H18N7O10P2-. The number of aliphatic hydroxyl groups excluding tert-OH is 2. The Balaban J connectivity index is 1.49. The molecule has 0 aromatic carbocycles. The largest absolute Gasteiger partial charge is 0.856 e. The average molecular weight is 506 g/mol. The number of phosphoric ester groups is 1. The zero-order chi connectivity index (χ0) is 24.1.